The third-order valence-corrected chi connectivity index (χ3v) is 4.57. The van der Waals surface area contributed by atoms with Crippen molar-refractivity contribution >= 4 is 23.5 Å². The Bertz CT molecular complexity index is 714. The molecule has 6 nitrogen and oxygen atoms in total. The van der Waals surface area contributed by atoms with Gasteiger partial charge in [-0.2, -0.15) is 5.26 Å². The molecule has 1 aromatic rings. The first-order chi connectivity index (χ1) is 12.1. The summed E-state index contributed by atoms with van der Waals surface area (Å²) in [4.78, 5) is 17.9. The van der Waals surface area contributed by atoms with E-state index in [1.54, 1.807) is 18.0 Å². The van der Waals surface area contributed by atoms with Crippen molar-refractivity contribution in [3.05, 3.63) is 22.6 Å². The van der Waals surface area contributed by atoms with Gasteiger partial charge in [-0.1, -0.05) is 24.4 Å². The van der Waals surface area contributed by atoms with E-state index in [1.165, 1.54) is 0 Å². The number of hydrogen-bond donors (Lipinski definition) is 1. The number of carbonyl (C=O) groups is 1. The minimum atomic E-state index is -0.643. The second-order valence-electron chi connectivity index (χ2n) is 7.46. The number of anilines is 1. The summed E-state index contributed by atoms with van der Waals surface area (Å²) in [6.45, 7) is 5.44. The van der Waals surface area contributed by atoms with E-state index in [9.17, 15) is 9.18 Å². The molecule has 2 atom stereocenters. The second-order valence-corrected chi connectivity index (χ2v) is 7.82. The largest absolute Gasteiger partial charge is 0.444 e. The summed E-state index contributed by atoms with van der Waals surface area (Å²) < 4.78 is 19.7. The van der Waals surface area contributed by atoms with Crippen LogP contribution >= 0.6 is 11.6 Å². The first-order valence-electron chi connectivity index (χ1n) is 8.61. The maximum absolute atomic E-state index is 14.2. The third-order valence-electron chi connectivity index (χ3n) is 4.28. The fraction of sp³-hybridized carbons (Fsp3) is 0.611. The summed E-state index contributed by atoms with van der Waals surface area (Å²) in [7, 11) is 1.69. The minimum absolute atomic E-state index is 0.0107. The number of nitriles is 1. The van der Waals surface area contributed by atoms with E-state index in [1.807, 2.05) is 20.8 Å². The van der Waals surface area contributed by atoms with Crippen LogP contribution in [0.4, 0.5) is 15.0 Å². The van der Waals surface area contributed by atoms with Crippen LogP contribution in [0.5, 0.6) is 0 Å². The number of pyridine rings is 1. The van der Waals surface area contributed by atoms with E-state index in [2.05, 4.69) is 10.3 Å². The molecule has 142 valence electrons. The first-order valence-corrected chi connectivity index (χ1v) is 8.98. The van der Waals surface area contributed by atoms with Crippen molar-refractivity contribution in [1.29, 1.82) is 5.26 Å². The molecule has 1 amide bonds. The second kappa shape index (κ2) is 8.09. The van der Waals surface area contributed by atoms with Crippen LogP contribution in [0, 0.1) is 17.1 Å². The van der Waals surface area contributed by atoms with Gasteiger partial charge in [0.25, 0.3) is 0 Å². The monoisotopic (exact) mass is 382 g/mol. The van der Waals surface area contributed by atoms with Crippen molar-refractivity contribution in [1.82, 2.24) is 9.88 Å². The van der Waals surface area contributed by atoms with E-state index in [0.29, 0.717) is 0 Å². The van der Waals surface area contributed by atoms with Crippen LogP contribution in [-0.2, 0) is 4.74 Å². The van der Waals surface area contributed by atoms with Gasteiger partial charge in [0.1, 0.15) is 16.8 Å². The zero-order valence-corrected chi connectivity index (χ0v) is 16.2. The molecule has 0 aromatic carbocycles. The van der Waals surface area contributed by atoms with Crippen molar-refractivity contribution in [2.45, 2.75) is 64.1 Å². The minimum Gasteiger partial charge on any atom is -0.444 e. The maximum Gasteiger partial charge on any atom is 0.410 e. The number of halogens is 2. The SMILES string of the molecule is CN(C(=O)OC(C)(C)C)[C@H]1CCCC[C@H]1Nc1nc(Cl)c(C#N)cc1F. The normalized spacial score (nSPS) is 20.2. The van der Waals surface area contributed by atoms with E-state index < -0.39 is 17.5 Å². The van der Waals surface area contributed by atoms with Crippen molar-refractivity contribution in [2.24, 2.45) is 0 Å². The number of ether oxygens (including phenoxy) is 1. The van der Waals surface area contributed by atoms with Crippen LogP contribution in [0.3, 0.4) is 0 Å². The van der Waals surface area contributed by atoms with Gasteiger partial charge in [0.15, 0.2) is 11.6 Å². The lowest BCUT2D eigenvalue weighted by Crippen LogP contribution is -2.50. The molecule has 0 unspecified atom stereocenters. The van der Waals surface area contributed by atoms with Gasteiger partial charge in [0.05, 0.1) is 11.6 Å². The summed E-state index contributed by atoms with van der Waals surface area (Å²) in [5, 5.41) is 11.9. The van der Waals surface area contributed by atoms with Crippen LogP contribution < -0.4 is 5.32 Å². The van der Waals surface area contributed by atoms with E-state index >= 15 is 0 Å². The Kier molecular flexibility index (Phi) is 6.30. The lowest BCUT2D eigenvalue weighted by molar-refractivity contribution is 0.0175. The first kappa shape index (κ1) is 20.2. The lowest BCUT2D eigenvalue weighted by Gasteiger charge is -2.39. The molecule has 1 aliphatic carbocycles. The van der Waals surface area contributed by atoms with Crippen molar-refractivity contribution < 1.29 is 13.9 Å². The summed E-state index contributed by atoms with van der Waals surface area (Å²) in [6, 6.07) is 2.52. The van der Waals surface area contributed by atoms with Crippen LogP contribution in [-0.4, -0.2) is 40.7 Å². The molecule has 1 fully saturated rings. The molecule has 0 spiro atoms. The van der Waals surface area contributed by atoms with Crippen molar-refractivity contribution in [3.8, 4) is 6.07 Å². The predicted octanol–water partition coefficient (Wildman–Crippen LogP) is 4.34. The molecule has 2 rings (SSSR count). The van der Waals surface area contributed by atoms with Crippen molar-refractivity contribution in [3.63, 3.8) is 0 Å². The van der Waals surface area contributed by atoms with Crippen LogP contribution in [0.1, 0.15) is 52.0 Å². The summed E-state index contributed by atoms with van der Waals surface area (Å²) >= 11 is 5.92. The topological polar surface area (TPSA) is 78.2 Å². The molecule has 1 heterocycles. The number of nitrogens with zero attached hydrogens (tertiary/aromatic N) is 3. The highest BCUT2D eigenvalue weighted by atomic mass is 35.5. The average Bonchev–Trinajstić information content (AvgIpc) is 2.56. The molecule has 1 saturated carbocycles. The third kappa shape index (κ3) is 4.98. The molecular weight excluding hydrogens is 359 g/mol. The van der Waals surface area contributed by atoms with E-state index in [0.717, 1.165) is 31.7 Å². The van der Waals surface area contributed by atoms with Gasteiger partial charge in [-0.15, -0.1) is 0 Å². The van der Waals surface area contributed by atoms with Gasteiger partial charge in [-0.3, -0.25) is 0 Å². The van der Waals surface area contributed by atoms with Gasteiger partial charge in [0.2, 0.25) is 0 Å². The van der Waals surface area contributed by atoms with Crippen LogP contribution in [0.25, 0.3) is 0 Å². The number of nitrogens with one attached hydrogen (secondary N) is 1. The standard InChI is InChI=1S/C18H24ClFN4O2/c1-18(2,3)26-17(25)24(4)14-8-6-5-7-13(14)22-16-12(20)9-11(10-21)15(19)23-16/h9,13-14H,5-8H2,1-4H3,(H,22,23)/t13-,14+/m1/s1. The molecule has 1 aromatic heterocycles. The number of carbonyl (C=O) groups excluding carboxylic acids is 1. The molecule has 0 radical (unpaired) electrons. The molecule has 8 heteroatoms. The fourth-order valence-electron chi connectivity index (χ4n) is 3.03. The average molecular weight is 383 g/mol. The van der Waals surface area contributed by atoms with Crippen LogP contribution in [0.15, 0.2) is 6.07 Å². The van der Waals surface area contributed by atoms with Gasteiger partial charge in [0, 0.05) is 13.1 Å². The van der Waals surface area contributed by atoms with Gasteiger partial charge < -0.3 is 15.0 Å². The summed E-state index contributed by atoms with van der Waals surface area (Å²) in [5.41, 5.74) is -0.599. The van der Waals surface area contributed by atoms with Crippen LogP contribution in [0.2, 0.25) is 5.15 Å². The number of likely N-dealkylation sites (N-methyl/N-ethyl adjacent to an activating group) is 1. The zero-order valence-electron chi connectivity index (χ0n) is 15.5. The quantitative estimate of drug-likeness (QED) is 0.787. The fourth-order valence-corrected chi connectivity index (χ4v) is 3.22. The Morgan fingerprint density at radius 3 is 2.73 bits per heavy atom. The Hall–Kier alpha value is -2.07. The summed E-state index contributed by atoms with van der Waals surface area (Å²) in [6.07, 6.45) is 3.06. The van der Waals surface area contributed by atoms with E-state index in [4.69, 9.17) is 21.6 Å². The molecule has 0 saturated heterocycles. The predicted molar refractivity (Wildman–Crippen MR) is 97.6 cm³/mol. The number of amides is 1. The molecule has 0 bridgehead atoms. The lowest BCUT2D eigenvalue weighted by atomic mass is 9.89. The number of aromatic nitrogens is 1. The Morgan fingerprint density at radius 2 is 2.12 bits per heavy atom. The Morgan fingerprint density at radius 1 is 1.46 bits per heavy atom. The highest BCUT2D eigenvalue weighted by molar-refractivity contribution is 6.30. The highest BCUT2D eigenvalue weighted by Gasteiger charge is 2.33. The Labute approximate surface area is 158 Å². The van der Waals surface area contributed by atoms with Gasteiger partial charge >= 0.3 is 6.09 Å². The van der Waals surface area contributed by atoms with Gasteiger partial charge in [-0.05, 0) is 39.7 Å². The molecule has 0 aliphatic heterocycles. The van der Waals surface area contributed by atoms with Gasteiger partial charge in [-0.25, -0.2) is 14.2 Å². The smallest absolute Gasteiger partial charge is 0.410 e. The number of rotatable bonds is 3. The van der Waals surface area contributed by atoms with Crippen molar-refractivity contribution in [2.75, 3.05) is 12.4 Å². The highest BCUT2D eigenvalue weighted by Crippen LogP contribution is 2.28. The molecule has 1 aliphatic rings. The molecule has 1 N–H and O–H groups in total. The molecule has 26 heavy (non-hydrogen) atoms. The summed E-state index contributed by atoms with van der Waals surface area (Å²) in [5.74, 6) is -0.654. The van der Waals surface area contributed by atoms with E-state index in [-0.39, 0.29) is 28.6 Å². The number of hydrogen-bond acceptors (Lipinski definition) is 5. The molecular formula is C18H24ClFN4O2. The Balaban J connectivity index is 2.18. The maximum atomic E-state index is 14.2. The zero-order chi connectivity index (χ0) is 19.5.